The Morgan fingerprint density at radius 1 is 0.939 bits per heavy atom. The summed E-state index contributed by atoms with van der Waals surface area (Å²) in [5.41, 5.74) is -1.40. The predicted molar refractivity (Wildman–Crippen MR) is 127 cm³/mol. The minimum atomic E-state index is -0.652. The number of hydrogen-bond donors (Lipinski definition) is 1. The summed E-state index contributed by atoms with van der Waals surface area (Å²) in [7, 11) is 0. The van der Waals surface area contributed by atoms with E-state index in [1.165, 1.54) is 0 Å². The number of carbonyl (C=O) groups excluding carboxylic acids is 2. The van der Waals surface area contributed by atoms with Crippen molar-refractivity contribution in [2.24, 2.45) is 56.7 Å². The van der Waals surface area contributed by atoms with E-state index in [-0.39, 0.29) is 45.7 Å². The summed E-state index contributed by atoms with van der Waals surface area (Å²) in [5, 5.41) is 10.4. The van der Waals surface area contributed by atoms with Crippen LogP contribution in [0.15, 0.2) is 12.2 Å². The number of ketones is 2. The van der Waals surface area contributed by atoms with Crippen molar-refractivity contribution in [3.8, 4) is 0 Å². The number of carboxylic acid groups (broad SMARTS) is 1. The number of rotatable bonds is 1. The molecule has 0 bridgehead atoms. The third kappa shape index (κ3) is 2.91. The normalized spacial score (nSPS) is 49.9. The minimum Gasteiger partial charge on any atom is -0.481 e. The number of carboxylic acids is 1. The number of aliphatic carboxylic acids is 1. The summed E-state index contributed by atoms with van der Waals surface area (Å²) in [5.74, 6) is 0.619. The molecular weight excluding hydrogens is 412 g/mol. The molecule has 0 aromatic carbocycles. The molecule has 4 heteroatoms. The van der Waals surface area contributed by atoms with E-state index < -0.39 is 16.8 Å². The molecule has 5 rings (SSSR count). The summed E-state index contributed by atoms with van der Waals surface area (Å²) in [4.78, 5) is 39.5. The van der Waals surface area contributed by atoms with Gasteiger partial charge in [0.15, 0.2) is 5.78 Å². The highest BCUT2D eigenvalue weighted by molar-refractivity contribution is 5.96. The monoisotopic (exact) mass is 454 g/mol. The van der Waals surface area contributed by atoms with Crippen LogP contribution in [0.1, 0.15) is 92.9 Å². The van der Waals surface area contributed by atoms with Gasteiger partial charge in [0.25, 0.3) is 0 Å². The van der Waals surface area contributed by atoms with Gasteiger partial charge in [-0.05, 0) is 90.9 Å². The molecule has 4 saturated carbocycles. The maximum absolute atomic E-state index is 14.1. The maximum atomic E-state index is 14.1. The summed E-state index contributed by atoms with van der Waals surface area (Å²) in [6, 6.07) is 0. The summed E-state index contributed by atoms with van der Waals surface area (Å²) in [6.07, 6.45) is 10.6. The van der Waals surface area contributed by atoms with E-state index in [9.17, 15) is 19.5 Å². The van der Waals surface area contributed by atoms with Gasteiger partial charge in [-0.15, -0.1) is 0 Å². The molecular formula is C29H42O4. The molecule has 8 atom stereocenters. The first kappa shape index (κ1) is 23.3. The van der Waals surface area contributed by atoms with Crippen molar-refractivity contribution in [2.45, 2.75) is 92.9 Å². The Balaban J connectivity index is 1.57. The third-order valence-corrected chi connectivity index (χ3v) is 11.8. The number of allylic oxidation sites excluding steroid dienone is 2. The van der Waals surface area contributed by atoms with Crippen molar-refractivity contribution in [3.05, 3.63) is 12.2 Å². The molecule has 0 aromatic heterocycles. The van der Waals surface area contributed by atoms with E-state index in [0.717, 1.165) is 44.9 Å². The molecule has 0 heterocycles. The van der Waals surface area contributed by atoms with Crippen LogP contribution < -0.4 is 0 Å². The highest BCUT2D eigenvalue weighted by Gasteiger charge is 2.69. The van der Waals surface area contributed by atoms with Crippen LogP contribution in [0.5, 0.6) is 0 Å². The maximum Gasteiger partial charge on any atom is 0.309 e. The molecule has 5 aliphatic rings. The quantitative estimate of drug-likeness (QED) is 0.521. The second kappa shape index (κ2) is 6.82. The first-order chi connectivity index (χ1) is 15.2. The Bertz CT molecular complexity index is 943. The standard InChI is InChI=1S/C29H42O4/c1-25(2)13-14-29(24(32)33)12-7-18-17(19(29)16-25)15-20(30)23-27(18,5)10-8-21-26(3,4)22(31)9-11-28(21,23)6/h9,11,17-19,21,23H,7-8,10,12-16H2,1-6H3,(H,32,33)/t17?,18-,19?,21+,23+,27+,28+,29-/m1/s1. The minimum absolute atomic E-state index is 0.0810. The fourth-order valence-electron chi connectivity index (χ4n) is 10.2. The van der Waals surface area contributed by atoms with Gasteiger partial charge in [-0.1, -0.05) is 47.6 Å². The Morgan fingerprint density at radius 3 is 2.30 bits per heavy atom. The Morgan fingerprint density at radius 2 is 1.64 bits per heavy atom. The first-order valence-corrected chi connectivity index (χ1v) is 13.2. The zero-order valence-electron chi connectivity index (χ0n) is 21.4. The molecule has 0 saturated heterocycles. The van der Waals surface area contributed by atoms with Crippen LogP contribution in [0.4, 0.5) is 0 Å². The van der Waals surface area contributed by atoms with E-state index in [4.69, 9.17) is 0 Å². The van der Waals surface area contributed by atoms with E-state index in [1.807, 2.05) is 0 Å². The second-order valence-corrected chi connectivity index (χ2v) is 14.2. The van der Waals surface area contributed by atoms with E-state index >= 15 is 0 Å². The third-order valence-electron chi connectivity index (χ3n) is 11.8. The van der Waals surface area contributed by atoms with Crippen molar-refractivity contribution in [3.63, 3.8) is 0 Å². The molecule has 0 radical (unpaired) electrons. The van der Waals surface area contributed by atoms with Gasteiger partial charge >= 0.3 is 5.97 Å². The largest absolute Gasteiger partial charge is 0.481 e. The number of fused-ring (bicyclic) bond motifs is 7. The van der Waals surface area contributed by atoms with Crippen molar-refractivity contribution in [1.29, 1.82) is 0 Å². The predicted octanol–water partition coefficient (Wildman–Crippen LogP) is 6.09. The fraction of sp³-hybridized carbons (Fsp3) is 0.828. The van der Waals surface area contributed by atoms with Crippen LogP contribution in [-0.2, 0) is 14.4 Å². The smallest absolute Gasteiger partial charge is 0.309 e. The molecule has 1 N–H and O–H groups in total. The SMILES string of the molecule is CC1(C)CC[C@]2(C(=O)O)CC[C@@H]3C(CC(=O)[C@@H]4[C@@]5(C)C=CC(=O)C(C)(C)[C@@H]5CC[C@@]34C)C2C1. The van der Waals surface area contributed by atoms with Crippen molar-refractivity contribution in [1.82, 2.24) is 0 Å². The molecule has 4 nitrogen and oxygen atoms in total. The average molecular weight is 455 g/mol. The van der Waals surface area contributed by atoms with Crippen molar-refractivity contribution in [2.75, 3.05) is 0 Å². The highest BCUT2D eigenvalue weighted by atomic mass is 16.4. The topological polar surface area (TPSA) is 71.4 Å². The number of hydrogen-bond acceptors (Lipinski definition) is 3. The lowest BCUT2D eigenvalue weighted by molar-refractivity contribution is -0.198. The molecule has 182 valence electrons. The molecule has 0 aliphatic heterocycles. The van der Waals surface area contributed by atoms with Crippen LogP contribution in [0, 0.1) is 56.7 Å². The molecule has 5 aliphatic carbocycles. The number of carbonyl (C=O) groups is 3. The van der Waals surface area contributed by atoms with Crippen LogP contribution >= 0.6 is 0 Å². The lowest BCUT2D eigenvalue weighted by Gasteiger charge is -2.67. The second-order valence-electron chi connectivity index (χ2n) is 14.2. The van der Waals surface area contributed by atoms with Gasteiger partial charge in [-0.2, -0.15) is 0 Å². The van der Waals surface area contributed by atoms with Gasteiger partial charge in [-0.25, -0.2) is 0 Å². The molecule has 33 heavy (non-hydrogen) atoms. The van der Waals surface area contributed by atoms with Crippen molar-refractivity contribution >= 4 is 17.5 Å². The Kier molecular flexibility index (Phi) is 4.81. The van der Waals surface area contributed by atoms with Gasteiger partial charge in [-0.3, -0.25) is 14.4 Å². The van der Waals surface area contributed by atoms with Gasteiger partial charge < -0.3 is 5.11 Å². The van der Waals surface area contributed by atoms with Gasteiger partial charge in [0.1, 0.15) is 5.78 Å². The van der Waals surface area contributed by atoms with Crippen LogP contribution in [-0.4, -0.2) is 22.6 Å². The Hall–Kier alpha value is -1.45. The van der Waals surface area contributed by atoms with Gasteiger partial charge in [0, 0.05) is 17.8 Å². The fourth-order valence-corrected chi connectivity index (χ4v) is 10.2. The lowest BCUT2D eigenvalue weighted by atomic mass is 9.36. The first-order valence-electron chi connectivity index (χ1n) is 13.2. The molecule has 0 amide bonds. The zero-order valence-corrected chi connectivity index (χ0v) is 21.4. The van der Waals surface area contributed by atoms with Crippen LogP contribution in [0.25, 0.3) is 0 Å². The lowest BCUT2D eigenvalue weighted by Crippen LogP contribution is -2.65. The molecule has 2 unspecified atom stereocenters. The Labute approximate surface area is 199 Å². The summed E-state index contributed by atoms with van der Waals surface area (Å²) in [6.45, 7) is 13.2. The zero-order chi connectivity index (χ0) is 24.2. The molecule has 0 spiro atoms. The van der Waals surface area contributed by atoms with E-state index in [2.05, 4.69) is 47.6 Å². The van der Waals surface area contributed by atoms with E-state index in [1.54, 1.807) is 6.08 Å². The number of Topliss-reactive ketones (excluding diaryl/α,β-unsaturated/α-hetero) is 1. The highest BCUT2D eigenvalue weighted by Crippen LogP contribution is 2.71. The summed E-state index contributed by atoms with van der Waals surface area (Å²) < 4.78 is 0. The molecule has 0 aromatic rings. The average Bonchev–Trinajstić information content (AvgIpc) is 2.70. The van der Waals surface area contributed by atoms with Crippen LogP contribution in [0.3, 0.4) is 0 Å². The molecule has 4 fully saturated rings. The summed E-state index contributed by atoms with van der Waals surface area (Å²) >= 11 is 0. The van der Waals surface area contributed by atoms with Gasteiger partial charge in [0.2, 0.25) is 0 Å². The van der Waals surface area contributed by atoms with E-state index in [0.29, 0.717) is 18.1 Å². The van der Waals surface area contributed by atoms with Gasteiger partial charge in [0.05, 0.1) is 5.41 Å². The van der Waals surface area contributed by atoms with Crippen LogP contribution in [0.2, 0.25) is 0 Å². The van der Waals surface area contributed by atoms with Crippen molar-refractivity contribution < 1.29 is 19.5 Å².